The van der Waals surface area contributed by atoms with E-state index in [2.05, 4.69) is 91.8 Å². The number of fused-ring (bicyclic) bond motifs is 5. The Bertz CT molecular complexity index is 5950. The van der Waals surface area contributed by atoms with Crippen molar-refractivity contribution in [1.82, 2.24) is 103 Å². The van der Waals surface area contributed by atoms with Crippen LogP contribution < -0.4 is 20.4 Å². The molecular weight excluding hydrogens is 1670 g/mol. The van der Waals surface area contributed by atoms with Crippen molar-refractivity contribution in [1.29, 1.82) is 0 Å². The molecule has 6 N–H and O–H groups in total. The second kappa shape index (κ2) is 39.0. The summed E-state index contributed by atoms with van der Waals surface area (Å²) in [6.07, 6.45) is -2.55. The fourth-order valence-corrected chi connectivity index (χ4v) is 14.9. The van der Waals surface area contributed by atoms with Crippen molar-refractivity contribution >= 4 is 77.7 Å². The number of nitrogens with two attached hydrogens (primary N) is 1. The Kier molecular flexibility index (Phi) is 26.8. The topological polar surface area (TPSA) is 436 Å². The van der Waals surface area contributed by atoms with Gasteiger partial charge in [0.2, 0.25) is 17.4 Å². The fraction of sp³-hybridized carbons (Fsp3) is 0.256. The van der Waals surface area contributed by atoms with Gasteiger partial charge in [-0.25, -0.2) is 19.9 Å². The van der Waals surface area contributed by atoms with Gasteiger partial charge in [-0.2, -0.15) is 13.2 Å². The summed E-state index contributed by atoms with van der Waals surface area (Å²) >= 11 is 3.30. The van der Waals surface area contributed by atoms with Crippen LogP contribution in [0, 0.1) is 10.1 Å². The number of nitrogens with zero attached hydrogens (tertiary/aromatic N) is 25. The van der Waals surface area contributed by atoms with Crippen molar-refractivity contribution in [3.8, 4) is 11.5 Å². The lowest BCUT2D eigenvalue weighted by molar-refractivity contribution is -0.385. The number of aliphatic hydroxyl groups is 4. The summed E-state index contributed by atoms with van der Waals surface area (Å²) in [5.74, 6) is 6.16. The van der Waals surface area contributed by atoms with Gasteiger partial charge in [-0.05, 0) is 80.1 Å². The van der Waals surface area contributed by atoms with Gasteiger partial charge in [0.15, 0.2) is 51.2 Å². The second-order valence-electron chi connectivity index (χ2n) is 28.8. The predicted octanol–water partition coefficient (Wildman–Crippen LogP) is 7.57. The molecule has 19 rings (SSSR count). The number of nitrogen functional groups attached to an aromatic ring is 1. The number of hydrogen-bond acceptors (Lipinski definition) is 30. The fourth-order valence-electron chi connectivity index (χ4n) is 14.5. The Morgan fingerprint density at radius 2 is 0.831 bits per heavy atom. The van der Waals surface area contributed by atoms with Crippen LogP contribution in [0.5, 0.6) is 0 Å². The predicted molar refractivity (Wildman–Crippen MR) is 448 cm³/mol. The van der Waals surface area contributed by atoms with Crippen molar-refractivity contribution < 1.29 is 57.3 Å². The van der Waals surface area contributed by atoms with Gasteiger partial charge in [0, 0.05) is 103 Å². The molecule has 0 amide bonds. The number of rotatable bonds is 20. The molecular formula is C82H78B2BrF3N26O10. The molecule has 5 aromatic carbocycles. The molecule has 4 atom stereocenters. The average Bonchev–Trinajstić information content (AvgIpc) is 1.64. The molecule has 0 fully saturated rings. The van der Waals surface area contributed by atoms with Gasteiger partial charge in [0.1, 0.15) is 59.7 Å². The van der Waals surface area contributed by atoms with Gasteiger partial charge in [-0.1, -0.05) is 146 Å². The van der Waals surface area contributed by atoms with Crippen LogP contribution in [-0.4, -0.2) is 194 Å². The first-order valence-electron chi connectivity index (χ1n) is 39.1. The summed E-state index contributed by atoms with van der Waals surface area (Å²) in [4.78, 5) is 70.3. The van der Waals surface area contributed by atoms with E-state index in [0.717, 1.165) is 88.1 Å². The van der Waals surface area contributed by atoms with E-state index in [1.165, 1.54) is 33.3 Å². The normalized spacial score (nSPS) is 15.1. The third kappa shape index (κ3) is 19.9. The molecule has 5 aliphatic rings. The lowest BCUT2D eigenvalue weighted by atomic mass is 9.94. The van der Waals surface area contributed by atoms with Gasteiger partial charge in [-0.15, -0.1) is 51.0 Å². The maximum atomic E-state index is 13.7. The van der Waals surface area contributed by atoms with E-state index in [1.807, 2.05) is 176 Å². The van der Waals surface area contributed by atoms with Crippen LogP contribution in [-0.2, 0) is 87.6 Å². The Morgan fingerprint density at radius 3 is 1.20 bits per heavy atom. The number of benzene rings is 5. The van der Waals surface area contributed by atoms with Crippen LogP contribution >= 0.6 is 15.9 Å². The molecule has 9 aromatic heterocycles. The number of anilines is 4. The number of oxazole rings is 1. The van der Waals surface area contributed by atoms with Crippen LogP contribution in [0.2, 0.25) is 0 Å². The maximum Gasteiger partial charge on any atom is 0.437 e. The highest BCUT2D eigenvalue weighted by Crippen LogP contribution is 2.37. The summed E-state index contributed by atoms with van der Waals surface area (Å²) in [5.41, 5.74) is 8.81. The number of carbonyl (C=O) groups excluding carboxylic acids is 3. The minimum absolute atomic E-state index is 0.0396. The van der Waals surface area contributed by atoms with Gasteiger partial charge in [-0.3, -0.25) is 14.9 Å². The highest BCUT2D eigenvalue weighted by atomic mass is 79.9. The van der Waals surface area contributed by atoms with Crippen molar-refractivity contribution in [2.75, 3.05) is 53.2 Å². The number of Topliss-reactive ketones (excluding diaryl/α,β-unsaturated/α-hetero) is 1. The third-order valence-electron chi connectivity index (χ3n) is 20.9. The van der Waals surface area contributed by atoms with Crippen molar-refractivity contribution in [3.63, 3.8) is 0 Å². The van der Waals surface area contributed by atoms with Crippen LogP contribution in [0.3, 0.4) is 0 Å². The zero-order valence-electron chi connectivity index (χ0n) is 66.1. The summed E-state index contributed by atoms with van der Waals surface area (Å²) in [6, 6.07) is 55.7. The molecule has 0 saturated carbocycles. The Hall–Kier alpha value is -13.8. The number of aliphatic hydroxyl groups excluding tert-OH is 4. The molecule has 630 valence electrons. The average molecular weight is 1750 g/mol. The molecule has 0 bridgehead atoms. The Labute approximate surface area is 715 Å². The third-order valence-corrected chi connectivity index (χ3v) is 21.5. The lowest BCUT2D eigenvalue weighted by Gasteiger charge is -2.29. The van der Waals surface area contributed by atoms with E-state index < -0.39 is 52.8 Å². The molecule has 5 aliphatic heterocycles. The molecule has 36 nitrogen and oxygen atoms in total. The van der Waals surface area contributed by atoms with Crippen molar-refractivity contribution in [2.24, 2.45) is 0 Å². The van der Waals surface area contributed by atoms with E-state index in [1.54, 1.807) is 54.7 Å². The molecule has 0 saturated heterocycles. The quantitative estimate of drug-likeness (QED) is 0.0161. The number of ketones is 1. The maximum absolute atomic E-state index is 13.7. The van der Waals surface area contributed by atoms with E-state index in [0.29, 0.717) is 136 Å². The van der Waals surface area contributed by atoms with Gasteiger partial charge < -0.3 is 87.3 Å². The van der Waals surface area contributed by atoms with E-state index in [-0.39, 0.29) is 18.0 Å². The highest BCUT2D eigenvalue weighted by Gasteiger charge is 2.42. The van der Waals surface area contributed by atoms with Crippen molar-refractivity contribution in [3.05, 3.63) is 313 Å². The first kappa shape index (κ1) is 85.2. The molecule has 14 aromatic rings. The van der Waals surface area contributed by atoms with Gasteiger partial charge in [0.05, 0.1) is 48.8 Å². The number of hydrogen-bond donors (Lipinski definition) is 5. The van der Waals surface area contributed by atoms with E-state index in [9.17, 15) is 58.1 Å². The number of nitro groups is 1. The van der Waals surface area contributed by atoms with Crippen LogP contribution in [0.1, 0.15) is 121 Å². The monoisotopic (exact) mass is 1740 g/mol. The summed E-state index contributed by atoms with van der Waals surface area (Å²) in [6.45, 7) is 9.47. The standard InChI is InChI=1S/C29H23F3N6O3.C17H16N6O3.C17H18N6O.C13H14BN4O2.C6H7BBrN4O/c30-29(31,32)26-25(41-28(34-26)20-9-5-2-6-10-20)21(39)15-18-11-12-22(33-16-18)37-13-14-38-23(17-37)35-36-27(38)24(40)19-7-3-1-4-8-19;24-16(12-4-2-1-3-5-12)17-20-19-15-11-21(8-9-22(15)17)14-7-6-13(10-18-14)23(25)26;18-13-6-7-14(19-10-13)22-8-9-23-15(11-22)20-21-17(23)16(24)12-4-2-1-3-5-12;19-9-14-17-6-7-18-11(8-17)15-16-13(18)12(20)10-4-2-1-3-5-10;8-6-10-9-5-3-11(7-4-13)1-2-12(5)6/h1-12,16,24,40H,13-15,17H2;1-7,10,16,24H,8-9,11H2;1-7,10,16,24H,8-9,11,18H2;1-5,9,12,20H,6-8H2;4H,1-3H2. The van der Waals surface area contributed by atoms with E-state index >= 15 is 0 Å². The smallest absolute Gasteiger partial charge is 0.432 e. The number of pyridine rings is 3. The Balaban J connectivity index is 0.000000126. The second-order valence-corrected chi connectivity index (χ2v) is 29.5. The van der Waals surface area contributed by atoms with E-state index in [4.69, 9.17) is 10.2 Å². The first-order valence-corrected chi connectivity index (χ1v) is 39.9. The number of carbonyl (C=O) groups is 3. The lowest BCUT2D eigenvalue weighted by Crippen LogP contribution is -2.37. The number of alkyl halides is 3. The van der Waals surface area contributed by atoms with Crippen molar-refractivity contribution in [2.45, 2.75) is 102 Å². The highest BCUT2D eigenvalue weighted by molar-refractivity contribution is 9.10. The zero-order chi connectivity index (χ0) is 86.4. The summed E-state index contributed by atoms with van der Waals surface area (Å²) in [7, 11) is 3.04. The first-order chi connectivity index (χ1) is 60.2. The van der Waals surface area contributed by atoms with Crippen LogP contribution in [0.15, 0.2) is 216 Å². The van der Waals surface area contributed by atoms with Crippen LogP contribution in [0.4, 0.5) is 42.0 Å². The van der Waals surface area contributed by atoms with Gasteiger partial charge >= 0.3 is 6.18 Å². The van der Waals surface area contributed by atoms with Crippen LogP contribution in [0.25, 0.3) is 11.5 Å². The molecule has 4 unspecified atom stereocenters. The number of halogens is 4. The largest absolute Gasteiger partial charge is 0.437 e. The number of aromatic nitrogens is 19. The van der Waals surface area contributed by atoms with Gasteiger partial charge in [0.25, 0.3) is 20.5 Å². The minimum atomic E-state index is -4.85. The summed E-state index contributed by atoms with van der Waals surface area (Å²) < 4.78 is 56.8. The summed E-state index contributed by atoms with van der Waals surface area (Å²) in [5, 5.41) is 94.5. The Morgan fingerprint density at radius 1 is 0.468 bits per heavy atom. The molecule has 0 aliphatic carbocycles. The minimum Gasteiger partial charge on any atom is -0.432 e. The molecule has 124 heavy (non-hydrogen) atoms. The molecule has 42 heteroatoms. The molecule has 14 heterocycles. The molecule has 2 radical (unpaired) electrons. The molecule has 0 spiro atoms. The zero-order valence-corrected chi connectivity index (χ0v) is 67.7. The SMILES string of the molecule is Nc1ccc(N2CCn3c(nnc3C(O)c3ccccc3)C2)nc1.O=C(Cc1ccc(N2CCn3c(nnc3C(O)c3ccccc3)C2)nc1)c1oc(-c2ccccc2)nc1C(F)(F)F.O=C[B]N1CCn2c(Br)nnc2C1.O=C[B]N1CCn2c(nnc2C(O)c2ccccc2)C1.O=[N+]([O-])c1ccc(N2CCn3c(nnc3C(O)c3ccccc3)C2)nc1.